The van der Waals surface area contributed by atoms with E-state index in [0.29, 0.717) is 12.4 Å². The zero-order valence-electron chi connectivity index (χ0n) is 11.1. The van der Waals surface area contributed by atoms with Crippen LogP contribution >= 0.6 is 0 Å². The van der Waals surface area contributed by atoms with E-state index >= 15 is 0 Å². The second-order valence-electron chi connectivity index (χ2n) is 5.67. The molecule has 1 aliphatic rings. The van der Waals surface area contributed by atoms with Crippen molar-refractivity contribution in [3.63, 3.8) is 0 Å². The molecule has 0 saturated heterocycles. The molecule has 0 fully saturated rings. The van der Waals surface area contributed by atoms with Gasteiger partial charge in [0.2, 0.25) is 0 Å². The van der Waals surface area contributed by atoms with Gasteiger partial charge in [-0.15, -0.1) is 0 Å². The van der Waals surface area contributed by atoms with Crippen molar-refractivity contribution in [2.45, 2.75) is 39.2 Å². The van der Waals surface area contributed by atoms with Crippen molar-refractivity contribution in [3.05, 3.63) is 35.4 Å². The Morgan fingerprint density at radius 3 is 2.33 bits per heavy atom. The van der Waals surface area contributed by atoms with E-state index in [2.05, 4.69) is 38.0 Å². The molecule has 0 saturated carbocycles. The molecule has 1 heterocycles. The van der Waals surface area contributed by atoms with Gasteiger partial charge in [0.05, 0.1) is 13.0 Å². The maximum Gasteiger partial charge on any atom is 0.250 e. The average molecular weight is 245 g/mol. The molecular formula is C14H19N3O. The summed E-state index contributed by atoms with van der Waals surface area (Å²) in [6.07, 6.45) is 0.236. The van der Waals surface area contributed by atoms with E-state index in [0.717, 1.165) is 5.56 Å². The summed E-state index contributed by atoms with van der Waals surface area (Å²) in [7, 11) is 0. The van der Waals surface area contributed by atoms with Crippen molar-refractivity contribution in [2.75, 3.05) is 0 Å². The van der Waals surface area contributed by atoms with Crippen LogP contribution in [0, 0.1) is 0 Å². The summed E-state index contributed by atoms with van der Waals surface area (Å²) >= 11 is 0. The van der Waals surface area contributed by atoms with Gasteiger partial charge >= 0.3 is 0 Å². The first-order valence-corrected chi connectivity index (χ1v) is 6.09. The number of rotatable bonds is 2. The number of benzene rings is 1. The minimum Gasteiger partial charge on any atom is -0.385 e. The molecule has 0 atom stereocenters. The van der Waals surface area contributed by atoms with E-state index in [9.17, 15) is 4.79 Å². The fraction of sp³-hybridized carbons (Fsp3) is 0.429. The maximum absolute atomic E-state index is 11.5. The van der Waals surface area contributed by atoms with Crippen molar-refractivity contribution in [1.29, 1.82) is 0 Å². The predicted molar refractivity (Wildman–Crippen MR) is 71.9 cm³/mol. The Kier molecular flexibility index (Phi) is 3.11. The minimum absolute atomic E-state index is 0.0348. The molecule has 0 radical (unpaired) electrons. The Hall–Kier alpha value is -1.84. The standard InChI is InChI=1S/C14H19N3O/c1-14(2,3)11-6-4-10(5-7-11)9-17-13(18)8-12(15)16-17/h4-7H,8-9H2,1-3H3,(H2,15,16). The second-order valence-corrected chi connectivity index (χ2v) is 5.67. The van der Waals surface area contributed by atoms with Crippen LogP contribution in [0.1, 0.15) is 38.3 Å². The Bertz CT molecular complexity index is 483. The minimum atomic E-state index is -0.0348. The first-order valence-electron chi connectivity index (χ1n) is 6.09. The van der Waals surface area contributed by atoms with Crippen LogP contribution in [-0.4, -0.2) is 16.8 Å². The highest BCUT2D eigenvalue weighted by Crippen LogP contribution is 2.22. The molecule has 2 rings (SSSR count). The van der Waals surface area contributed by atoms with Gasteiger partial charge in [-0.3, -0.25) is 4.79 Å². The lowest BCUT2D eigenvalue weighted by Gasteiger charge is -2.19. The third-order valence-corrected chi connectivity index (χ3v) is 3.02. The number of hydrogen-bond donors (Lipinski definition) is 1. The van der Waals surface area contributed by atoms with Crippen LogP contribution in [0.5, 0.6) is 0 Å². The van der Waals surface area contributed by atoms with E-state index in [-0.39, 0.29) is 17.7 Å². The maximum atomic E-state index is 11.5. The summed E-state index contributed by atoms with van der Waals surface area (Å²) in [6.45, 7) is 7.02. The number of carbonyl (C=O) groups is 1. The van der Waals surface area contributed by atoms with E-state index in [1.165, 1.54) is 10.6 Å². The molecule has 96 valence electrons. The molecule has 0 aromatic heterocycles. The van der Waals surface area contributed by atoms with Crippen molar-refractivity contribution in [3.8, 4) is 0 Å². The Labute approximate surface area is 107 Å². The number of hydrazone groups is 1. The topological polar surface area (TPSA) is 58.7 Å². The Balaban J connectivity index is 2.10. The predicted octanol–water partition coefficient (Wildman–Crippen LogP) is 1.99. The van der Waals surface area contributed by atoms with Gasteiger partial charge in [-0.1, -0.05) is 45.0 Å². The van der Waals surface area contributed by atoms with Crippen molar-refractivity contribution >= 4 is 11.7 Å². The molecule has 0 bridgehead atoms. The molecule has 1 amide bonds. The Morgan fingerprint density at radius 1 is 1.28 bits per heavy atom. The summed E-state index contributed by atoms with van der Waals surface area (Å²) in [5.41, 5.74) is 8.03. The summed E-state index contributed by atoms with van der Waals surface area (Å²) in [4.78, 5) is 11.5. The molecule has 2 N–H and O–H groups in total. The summed E-state index contributed by atoms with van der Waals surface area (Å²) in [6, 6.07) is 8.28. The van der Waals surface area contributed by atoms with Gasteiger partial charge in [-0.25, -0.2) is 5.01 Å². The molecule has 4 nitrogen and oxygen atoms in total. The molecule has 1 aliphatic heterocycles. The lowest BCUT2D eigenvalue weighted by atomic mass is 9.87. The smallest absolute Gasteiger partial charge is 0.250 e. The van der Waals surface area contributed by atoms with Gasteiger partial charge in [0.15, 0.2) is 0 Å². The fourth-order valence-electron chi connectivity index (χ4n) is 1.90. The quantitative estimate of drug-likeness (QED) is 0.866. The molecule has 1 aromatic rings. The Morgan fingerprint density at radius 2 is 1.89 bits per heavy atom. The van der Waals surface area contributed by atoms with Gasteiger partial charge in [0.25, 0.3) is 5.91 Å². The van der Waals surface area contributed by atoms with E-state index in [1.807, 2.05) is 12.1 Å². The first-order chi connectivity index (χ1) is 8.36. The lowest BCUT2D eigenvalue weighted by Crippen LogP contribution is -2.20. The fourth-order valence-corrected chi connectivity index (χ4v) is 1.90. The second kappa shape index (κ2) is 4.44. The summed E-state index contributed by atoms with van der Waals surface area (Å²) in [5.74, 6) is 0.360. The van der Waals surface area contributed by atoms with Crippen molar-refractivity contribution in [2.24, 2.45) is 10.8 Å². The number of nitrogens with zero attached hydrogens (tertiary/aromatic N) is 2. The van der Waals surface area contributed by atoms with Crippen LogP contribution in [0.2, 0.25) is 0 Å². The molecule has 0 unspecified atom stereocenters. The van der Waals surface area contributed by atoms with Crippen LogP contribution in [-0.2, 0) is 16.8 Å². The van der Waals surface area contributed by atoms with Crippen molar-refractivity contribution < 1.29 is 4.79 Å². The van der Waals surface area contributed by atoms with Crippen LogP contribution in [0.15, 0.2) is 29.4 Å². The van der Waals surface area contributed by atoms with Gasteiger partial charge in [0, 0.05) is 0 Å². The number of carbonyl (C=O) groups excluding carboxylic acids is 1. The monoisotopic (exact) mass is 245 g/mol. The van der Waals surface area contributed by atoms with Crippen LogP contribution in [0.3, 0.4) is 0 Å². The zero-order chi connectivity index (χ0) is 13.3. The van der Waals surface area contributed by atoms with E-state index < -0.39 is 0 Å². The number of amides is 1. The highest BCUT2D eigenvalue weighted by Gasteiger charge is 2.22. The van der Waals surface area contributed by atoms with Crippen LogP contribution < -0.4 is 5.73 Å². The molecule has 18 heavy (non-hydrogen) atoms. The molecule has 1 aromatic carbocycles. The highest BCUT2D eigenvalue weighted by molar-refractivity contribution is 6.02. The van der Waals surface area contributed by atoms with Crippen molar-refractivity contribution in [1.82, 2.24) is 5.01 Å². The number of nitrogens with two attached hydrogens (primary N) is 1. The summed E-state index contributed by atoms with van der Waals surface area (Å²) in [5, 5.41) is 5.45. The molecule has 0 aliphatic carbocycles. The number of amidine groups is 1. The van der Waals surface area contributed by atoms with E-state index in [4.69, 9.17) is 5.73 Å². The molecular weight excluding hydrogens is 226 g/mol. The van der Waals surface area contributed by atoms with Gasteiger partial charge in [0.1, 0.15) is 5.84 Å². The highest BCUT2D eigenvalue weighted by atomic mass is 16.2. The normalized spacial score (nSPS) is 16.1. The van der Waals surface area contributed by atoms with Gasteiger partial charge in [-0.05, 0) is 16.5 Å². The van der Waals surface area contributed by atoms with Crippen LogP contribution in [0.4, 0.5) is 0 Å². The first kappa shape index (κ1) is 12.6. The molecule has 0 spiro atoms. The largest absolute Gasteiger partial charge is 0.385 e. The third kappa shape index (κ3) is 2.70. The summed E-state index contributed by atoms with van der Waals surface area (Å²) < 4.78 is 0. The van der Waals surface area contributed by atoms with Gasteiger partial charge in [-0.2, -0.15) is 5.10 Å². The number of hydrogen-bond acceptors (Lipinski definition) is 3. The van der Waals surface area contributed by atoms with Gasteiger partial charge < -0.3 is 5.73 Å². The molecule has 4 heteroatoms. The van der Waals surface area contributed by atoms with Crippen LogP contribution in [0.25, 0.3) is 0 Å². The average Bonchev–Trinajstić information content (AvgIpc) is 2.57. The third-order valence-electron chi connectivity index (χ3n) is 3.02. The SMILES string of the molecule is CC(C)(C)c1ccc(CN2N=C(N)CC2=O)cc1. The lowest BCUT2D eigenvalue weighted by molar-refractivity contribution is -0.129. The van der Waals surface area contributed by atoms with E-state index in [1.54, 1.807) is 0 Å². The zero-order valence-corrected chi connectivity index (χ0v) is 11.1.